The molecule has 1 aromatic carbocycles. The summed E-state index contributed by atoms with van der Waals surface area (Å²) in [6, 6.07) is 6.10. The van der Waals surface area contributed by atoms with E-state index in [1.165, 1.54) is 22.9 Å². The smallest absolute Gasteiger partial charge is 0.201 e. The van der Waals surface area contributed by atoms with Crippen molar-refractivity contribution in [2.75, 3.05) is 0 Å². The van der Waals surface area contributed by atoms with Crippen LogP contribution in [0.4, 0.5) is 0 Å². The molecule has 88 valence electrons. The van der Waals surface area contributed by atoms with Gasteiger partial charge in [0.2, 0.25) is 5.69 Å². The minimum absolute atomic E-state index is 0.0891. The van der Waals surface area contributed by atoms with Gasteiger partial charge < -0.3 is 0 Å². The lowest BCUT2D eigenvalue weighted by atomic mass is 9.97. The third kappa shape index (κ3) is 2.10. The highest BCUT2D eigenvalue weighted by Crippen LogP contribution is 2.25. The van der Waals surface area contributed by atoms with Crippen LogP contribution in [0, 0.1) is 27.5 Å². The fraction of sp³-hybridized carbons (Fsp3) is 0.312. The summed E-state index contributed by atoms with van der Waals surface area (Å²) in [5.41, 5.74) is 0.905. The van der Waals surface area contributed by atoms with Crippen LogP contribution in [0.3, 0.4) is 0 Å². The second-order valence-corrected chi connectivity index (χ2v) is 4.09. The molecule has 0 radical (unpaired) electrons. The maximum atomic E-state index is 7.77. The SMILES string of the molecule is [2H]C([2H])([2H])c1cc(-c2c(C)cccc2C([2H])([2H])[2H])[n+](C)cc1C([2H])([2H])[2H]. The molecule has 0 aliphatic carbocycles. The van der Waals surface area contributed by atoms with Gasteiger partial charge >= 0.3 is 0 Å². The Morgan fingerprint density at radius 1 is 1.00 bits per heavy atom. The zero-order valence-corrected chi connectivity index (χ0v) is 9.83. The molecule has 0 saturated heterocycles. The highest BCUT2D eigenvalue weighted by atomic mass is 14.9. The maximum absolute atomic E-state index is 7.77. The van der Waals surface area contributed by atoms with Crippen LogP contribution >= 0.6 is 0 Å². The van der Waals surface area contributed by atoms with Crippen LogP contribution in [0.5, 0.6) is 0 Å². The van der Waals surface area contributed by atoms with Crippen LogP contribution in [-0.2, 0) is 7.05 Å². The molecule has 1 heteroatoms. The van der Waals surface area contributed by atoms with Gasteiger partial charge in [0.15, 0.2) is 6.20 Å². The number of benzene rings is 1. The van der Waals surface area contributed by atoms with Gasteiger partial charge in [-0.2, -0.15) is 0 Å². The fourth-order valence-corrected chi connectivity index (χ4v) is 1.91. The van der Waals surface area contributed by atoms with Gasteiger partial charge in [0, 0.05) is 24.0 Å². The Balaban J connectivity index is 2.91. The molecule has 0 bridgehead atoms. The van der Waals surface area contributed by atoms with E-state index in [4.69, 9.17) is 12.3 Å². The number of nitrogens with zero attached hydrogens (tertiary/aromatic N) is 1. The third-order valence-corrected chi connectivity index (χ3v) is 2.80. The molecule has 2 aromatic rings. The first kappa shape index (κ1) is 4.93. The molecule has 2 rings (SSSR count). The number of pyridine rings is 1. The van der Waals surface area contributed by atoms with Crippen LogP contribution in [0.2, 0.25) is 0 Å². The first-order valence-corrected chi connectivity index (χ1v) is 5.29. The predicted molar refractivity (Wildman–Crippen MR) is 72.0 cm³/mol. The van der Waals surface area contributed by atoms with Crippen molar-refractivity contribution >= 4 is 0 Å². The van der Waals surface area contributed by atoms with Gasteiger partial charge in [0.05, 0.1) is 5.56 Å². The standard InChI is InChI=1S/C16H20N/c1-11-7-6-8-12(2)16(11)15-9-13(3)14(4)10-17(15)5/h6-10H,1-5H3/q+1/i1D3,3D3,4D3. The van der Waals surface area contributed by atoms with Gasteiger partial charge in [-0.15, -0.1) is 0 Å². The van der Waals surface area contributed by atoms with Crippen molar-refractivity contribution in [3.05, 3.63) is 52.7 Å². The highest BCUT2D eigenvalue weighted by molar-refractivity contribution is 5.65. The molecule has 17 heavy (non-hydrogen) atoms. The van der Waals surface area contributed by atoms with E-state index in [0.29, 0.717) is 16.8 Å². The number of aryl methyl sites for hydroxylation is 5. The molecule has 0 spiro atoms. The molecular weight excluding hydrogens is 206 g/mol. The van der Waals surface area contributed by atoms with Crippen LogP contribution in [0.1, 0.15) is 34.6 Å². The quantitative estimate of drug-likeness (QED) is 0.667. The van der Waals surface area contributed by atoms with E-state index in [0.717, 1.165) is 0 Å². The molecule has 0 amide bonds. The molecule has 0 N–H and O–H groups in total. The molecule has 1 aromatic heterocycles. The van der Waals surface area contributed by atoms with Gasteiger partial charge in [0.1, 0.15) is 7.05 Å². The number of aromatic nitrogens is 1. The van der Waals surface area contributed by atoms with Crippen LogP contribution in [0.25, 0.3) is 11.3 Å². The Morgan fingerprint density at radius 3 is 2.41 bits per heavy atom. The zero-order valence-electron chi connectivity index (χ0n) is 18.8. The topological polar surface area (TPSA) is 3.88 Å². The van der Waals surface area contributed by atoms with Gasteiger partial charge in [-0.1, -0.05) is 18.2 Å². The van der Waals surface area contributed by atoms with Gasteiger partial charge in [-0.3, -0.25) is 0 Å². The van der Waals surface area contributed by atoms with Crippen molar-refractivity contribution in [3.63, 3.8) is 0 Å². The third-order valence-electron chi connectivity index (χ3n) is 2.80. The van der Waals surface area contributed by atoms with Gasteiger partial charge in [0.25, 0.3) is 0 Å². The molecule has 0 aliphatic rings. The van der Waals surface area contributed by atoms with Gasteiger partial charge in [-0.05, 0) is 44.2 Å². The summed E-state index contributed by atoms with van der Waals surface area (Å²) in [4.78, 5) is 0. The zero-order chi connectivity index (χ0) is 20.1. The van der Waals surface area contributed by atoms with Crippen molar-refractivity contribution in [1.82, 2.24) is 0 Å². The van der Waals surface area contributed by atoms with Crippen molar-refractivity contribution in [3.8, 4) is 11.3 Å². The lowest BCUT2D eigenvalue weighted by Gasteiger charge is -2.09. The van der Waals surface area contributed by atoms with E-state index in [1.54, 1.807) is 26.1 Å². The number of hydrogen-bond acceptors (Lipinski definition) is 0. The summed E-state index contributed by atoms with van der Waals surface area (Å²) in [5, 5.41) is 0. The fourth-order valence-electron chi connectivity index (χ4n) is 1.91. The Labute approximate surface area is 116 Å². The van der Waals surface area contributed by atoms with Crippen LogP contribution in [-0.4, -0.2) is 0 Å². The largest absolute Gasteiger partial charge is 0.213 e. The molecule has 0 unspecified atom stereocenters. The Bertz CT molecular complexity index is 829. The first-order chi connectivity index (χ1) is 11.6. The van der Waals surface area contributed by atoms with E-state index in [-0.39, 0.29) is 16.7 Å². The molecule has 1 heterocycles. The minimum Gasteiger partial charge on any atom is -0.201 e. The molecular formula is C16H20N+. The lowest BCUT2D eigenvalue weighted by molar-refractivity contribution is -0.660. The normalized spacial score (nSPS) is 20.7. The number of rotatable bonds is 1. The molecule has 0 saturated carbocycles. The van der Waals surface area contributed by atoms with E-state index in [2.05, 4.69) is 0 Å². The summed E-state index contributed by atoms with van der Waals surface area (Å²) in [6.45, 7) is -5.90. The lowest BCUT2D eigenvalue weighted by Crippen LogP contribution is -2.31. The number of hydrogen-bond donors (Lipinski definition) is 0. The molecule has 0 aliphatic heterocycles. The first-order valence-electron chi connectivity index (χ1n) is 9.79. The summed E-state index contributed by atoms with van der Waals surface area (Å²) in [7, 11) is 1.57. The predicted octanol–water partition coefficient (Wildman–Crippen LogP) is 3.41. The highest BCUT2D eigenvalue weighted by Gasteiger charge is 2.15. The second-order valence-electron chi connectivity index (χ2n) is 4.09. The molecule has 0 fully saturated rings. The second kappa shape index (κ2) is 4.33. The summed E-state index contributed by atoms with van der Waals surface area (Å²) in [6.07, 6.45) is 1.25. The molecule has 1 nitrogen and oxygen atoms in total. The molecule has 0 atom stereocenters. The van der Waals surface area contributed by atoms with Crippen molar-refractivity contribution in [1.29, 1.82) is 0 Å². The van der Waals surface area contributed by atoms with Crippen molar-refractivity contribution in [2.24, 2.45) is 7.05 Å². The van der Waals surface area contributed by atoms with Crippen molar-refractivity contribution in [2.45, 2.75) is 27.5 Å². The van der Waals surface area contributed by atoms with E-state index >= 15 is 0 Å². The summed E-state index contributed by atoms with van der Waals surface area (Å²) >= 11 is 0. The van der Waals surface area contributed by atoms with Gasteiger partial charge in [-0.25, -0.2) is 4.57 Å². The van der Waals surface area contributed by atoms with E-state index in [9.17, 15) is 0 Å². The maximum Gasteiger partial charge on any atom is 0.213 e. The average Bonchev–Trinajstić information content (AvgIpc) is 2.44. The van der Waals surface area contributed by atoms with Crippen LogP contribution in [0.15, 0.2) is 30.5 Å². The van der Waals surface area contributed by atoms with Crippen molar-refractivity contribution < 1.29 is 16.9 Å². The minimum atomic E-state index is -2.64. The Morgan fingerprint density at radius 2 is 1.71 bits per heavy atom. The van der Waals surface area contributed by atoms with E-state index < -0.39 is 20.6 Å². The Kier molecular flexibility index (Phi) is 1.25. The average molecular weight is 235 g/mol. The van der Waals surface area contributed by atoms with E-state index in [1.807, 2.05) is 0 Å². The monoisotopic (exact) mass is 235 g/mol. The summed E-state index contributed by atoms with van der Waals surface area (Å²) in [5.74, 6) is 0. The Hall–Kier alpha value is -1.63. The van der Waals surface area contributed by atoms with Crippen LogP contribution < -0.4 is 4.57 Å². The summed E-state index contributed by atoms with van der Waals surface area (Å²) < 4.78 is 70.8.